The maximum atomic E-state index is 10.9. The highest BCUT2D eigenvalue weighted by molar-refractivity contribution is 5.33. The van der Waals surface area contributed by atoms with E-state index in [2.05, 4.69) is 13.8 Å². The van der Waals surface area contributed by atoms with E-state index in [9.17, 15) is 4.79 Å². The third-order valence-corrected chi connectivity index (χ3v) is 2.07. The Morgan fingerprint density at radius 1 is 1.67 bits per heavy atom. The van der Waals surface area contributed by atoms with E-state index < -0.39 is 0 Å². The summed E-state index contributed by atoms with van der Waals surface area (Å²) in [5, 5.41) is 0. The van der Waals surface area contributed by atoms with E-state index in [0.29, 0.717) is 11.7 Å². The molecule has 0 aliphatic rings. The zero-order valence-corrected chi connectivity index (χ0v) is 7.45. The van der Waals surface area contributed by atoms with Crippen LogP contribution in [0.25, 0.3) is 0 Å². The number of nitrogens with zero attached hydrogens (tertiary/aromatic N) is 1. The van der Waals surface area contributed by atoms with Crippen molar-refractivity contribution in [3.8, 4) is 0 Å². The zero-order valence-electron chi connectivity index (χ0n) is 7.45. The predicted octanol–water partition coefficient (Wildman–Crippen LogP) is 1.40. The van der Waals surface area contributed by atoms with Crippen molar-refractivity contribution in [1.29, 1.82) is 0 Å². The highest BCUT2D eigenvalue weighted by Crippen LogP contribution is 2.09. The molecule has 1 aromatic heterocycles. The van der Waals surface area contributed by atoms with Gasteiger partial charge in [0.15, 0.2) is 0 Å². The van der Waals surface area contributed by atoms with Crippen LogP contribution in [0.4, 0.5) is 5.69 Å². The Balaban J connectivity index is 3.04. The third-order valence-electron chi connectivity index (χ3n) is 2.07. The van der Waals surface area contributed by atoms with Gasteiger partial charge in [0.2, 0.25) is 5.43 Å². The summed E-state index contributed by atoms with van der Waals surface area (Å²) < 4.78 is 1.96. The van der Waals surface area contributed by atoms with Crippen LogP contribution < -0.4 is 11.2 Å². The summed E-state index contributed by atoms with van der Waals surface area (Å²) in [6.07, 6.45) is 4.49. The summed E-state index contributed by atoms with van der Waals surface area (Å²) in [6, 6.07) is 1.90. The van der Waals surface area contributed by atoms with Crippen LogP contribution >= 0.6 is 0 Å². The summed E-state index contributed by atoms with van der Waals surface area (Å²) >= 11 is 0. The third kappa shape index (κ3) is 1.67. The predicted molar refractivity (Wildman–Crippen MR) is 50.1 cm³/mol. The summed E-state index contributed by atoms with van der Waals surface area (Å²) in [5.74, 6) is 0. The Labute approximate surface area is 71.8 Å². The highest BCUT2D eigenvalue weighted by atomic mass is 16.1. The van der Waals surface area contributed by atoms with Gasteiger partial charge in [0.05, 0.1) is 5.69 Å². The van der Waals surface area contributed by atoms with Gasteiger partial charge < -0.3 is 10.3 Å². The molecule has 0 radical (unpaired) electrons. The molecule has 0 amide bonds. The molecule has 1 rings (SSSR count). The van der Waals surface area contributed by atoms with E-state index in [1.165, 1.54) is 6.07 Å². The Hall–Kier alpha value is -1.25. The van der Waals surface area contributed by atoms with Gasteiger partial charge in [0, 0.05) is 24.5 Å². The zero-order chi connectivity index (χ0) is 9.14. The Morgan fingerprint density at radius 2 is 2.33 bits per heavy atom. The van der Waals surface area contributed by atoms with Crippen LogP contribution in [0.15, 0.2) is 23.3 Å². The van der Waals surface area contributed by atoms with Crippen LogP contribution in [0.3, 0.4) is 0 Å². The molecule has 1 unspecified atom stereocenters. The van der Waals surface area contributed by atoms with Crippen LogP contribution in [0, 0.1) is 0 Å². The van der Waals surface area contributed by atoms with Gasteiger partial charge in [-0.1, -0.05) is 6.92 Å². The second-order valence-electron chi connectivity index (χ2n) is 2.97. The quantitative estimate of drug-likeness (QED) is 0.722. The van der Waals surface area contributed by atoms with Crippen molar-refractivity contribution in [2.24, 2.45) is 0 Å². The molecule has 3 heteroatoms. The Kier molecular flexibility index (Phi) is 2.53. The molecular formula is C9H14N2O. The minimum absolute atomic E-state index is 0.102. The minimum Gasteiger partial charge on any atom is -0.394 e. The number of nitrogen functional groups attached to an aromatic ring is 1. The number of rotatable bonds is 2. The molecule has 2 N–H and O–H groups in total. The molecule has 0 aliphatic heterocycles. The second-order valence-corrected chi connectivity index (χ2v) is 2.97. The maximum absolute atomic E-state index is 10.9. The summed E-state index contributed by atoms with van der Waals surface area (Å²) in [7, 11) is 0. The van der Waals surface area contributed by atoms with Gasteiger partial charge in [0.1, 0.15) is 0 Å². The molecule has 0 fully saturated rings. The summed E-state index contributed by atoms with van der Waals surface area (Å²) in [4.78, 5) is 10.9. The fraction of sp³-hybridized carbons (Fsp3) is 0.444. The first kappa shape index (κ1) is 8.84. The molecule has 66 valence electrons. The molecule has 1 heterocycles. The number of nitrogens with two attached hydrogens (primary N) is 1. The number of aromatic nitrogens is 1. The van der Waals surface area contributed by atoms with E-state index in [1.54, 1.807) is 12.4 Å². The normalized spacial score (nSPS) is 12.8. The smallest absolute Gasteiger partial charge is 0.204 e. The monoisotopic (exact) mass is 166 g/mol. The topological polar surface area (TPSA) is 48.0 Å². The lowest BCUT2D eigenvalue weighted by atomic mass is 10.2. The Morgan fingerprint density at radius 3 is 2.83 bits per heavy atom. The molecule has 0 saturated carbocycles. The first-order chi connectivity index (χ1) is 5.65. The fourth-order valence-electron chi connectivity index (χ4n) is 1.00. The van der Waals surface area contributed by atoms with Crippen molar-refractivity contribution in [3.05, 3.63) is 28.7 Å². The van der Waals surface area contributed by atoms with Crippen molar-refractivity contribution in [3.63, 3.8) is 0 Å². The molecule has 0 aromatic carbocycles. The van der Waals surface area contributed by atoms with E-state index >= 15 is 0 Å². The van der Waals surface area contributed by atoms with Crippen molar-refractivity contribution in [2.75, 3.05) is 5.73 Å². The first-order valence-electron chi connectivity index (χ1n) is 4.12. The molecule has 12 heavy (non-hydrogen) atoms. The van der Waals surface area contributed by atoms with Crippen molar-refractivity contribution in [2.45, 2.75) is 26.3 Å². The molecular weight excluding hydrogens is 152 g/mol. The molecule has 0 saturated heterocycles. The molecule has 0 spiro atoms. The van der Waals surface area contributed by atoms with Crippen molar-refractivity contribution in [1.82, 2.24) is 4.57 Å². The lowest BCUT2D eigenvalue weighted by Crippen LogP contribution is -2.12. The van der Waals surface area contributed by atoms with E-state index in [-0.39, 0.29) is 5.43 Å². The van der Waals surface area contributed by atoms with Gasteiger partial charge in [-0.25, -0.2) is 0 Å². The molecule has 1 aromatic rings. The molecule has 0 aliphatic carbocycles. The van der Waals surface area contributed by atoms with E-state index in [1.807, 2.05) is 4.57 Å². The van der Waals surface area contributed by atoms with Gasteiger partial charge >= 0.3 is 0 Å². The maximum Gasteiger partial charge on any atom is 0.204 e. The highest BCUT2D eigenvalue weighted by Gasteiger charge is 2.00. The number of anilines is 1. The first-order valence-corrected chi connectivity index (χ1v) is 4.12. The Bertz CT molecular complexity index is 317. The van der Waals surface area contributed by atoms with Crippen LogP contribution in [0.1, 0.15) is 26.3 Å². The van der Waals surface area contributed by atoms with Crippen LogP contribution in [-0.4, -0.2) is 4.57 Å². The minimum atomic E-state index is -0.102. The van der Waals surface area contributed by atoms with Crippen molar-refractivity contribution < 1.29 is 0 Å². The lowest BCUT2D eigenvalue weighted by molar-refractivity contribution is 0.528. The molecule has 0 bridgehead atoms. The standard InChI is InChI=1S/C9H14N2O/c1-3-7(2)11-5-4-9(12)8(10)6-11/h4-7H,3,10H2,1-2H3. The number of hydrogen-bond donors (Lipinski definition) is 1. The second kappa shape index (κ2) is 3.43. The average molecular weight is 166 g/mol. The fourth-order valence-corrected chi connectivity index (χ4v) is 1.00. The van der Waals surface area contributed by atoms with Crippen LogP contribution in [-0.2, 0) is 0 Å². The largest absolute Gasteiger partial charge is 0.394 e. The lowest BCUT2D eigenvalue weighted by Gasteiger charge is -2.13. The molecule has 3 nitrogen and oxygen atoms in total. The van der Waals surface area contributed by atoms with Gasteiger partial charge in [-0.3, -0.25) is 4.79 Å². The van der Waals surface area contributed by atoms with Crippen molar-refractivity contribution >= 4 is 5.69 Å². The van der Waals surface area contributed by atoms with Crippen LogP contribution in [0.5, 0.6) is 0 Å². The van der Waals surface area contributed by atoms with E-state index in [4.69, 9.17) is 5.73 Å². The van der Waals surface area contributed by atoms with Crippen LogP contribution in [0.2, 0.25) is 0 Å². The number of hydrogen-bond acceptors (Lipinski definition) is 2. The van der Waals surface area contributed by atoms with E-state index in [0.717, 1.165) is 6.42 Å². The van der Waals surface area contributed by atoms with Gasteiger partial charge in [-0.2, -0.15) is 0 Å². The summed E-state index contributed by atoms with van der Waals surface area (Å²) in [5.41, 5.74) is 5.69. The van der Waals surface area contributed by atoms with Gasteiger partial charge in [-0.15, -0.1) is 0 Å². The van der Waals surface area contributed by atoms with Gasteiger partial charge in [-0.05, 0) is 13.3 Å². The molecule has 1 atom stereocenters. The SMILES string of the molecule is CCC(C)n1ccc(=O)c(N)c1. The van der Waals surface area contributed by atoms with Gasteiger partial charge in [0.25, 0.3) is 0 Å². The average Bonchev–Trinajstić information content (AvgIpc) is 2.08. The summed E-state index contributed by atoms with van der Waals surface area (Å²) in [6.45, 7) is 4.18. The number of pyridine rings is 1.